The highest BCUT2D eigenvalue weighted by Crippen LogP contribution is 2.40. The molecule has 0 saturated heterocycles. The molecule has 20 heavy (non-hydrogen) atoms. The molecular formula is C18H23NO. The number of Topliss-reactive ketones (excluding diaryl/α,β-unsaturated/α-hetero) is 1. The Labute approximate surface area is 121 Å². The SMILES string of the molecule is Cc1ccc(C(C#N)C(=O)C2(C)CCCCC2)cc1C. The van der Waals surface area contributed by atoms with Gasteiger partial charge in [-0.3, -0.25) is 4.79 Å². The van der Waals surface area contributed by atoms with Crippen molar-refractivity contribution in [3.8, 4) is 6.07 Å². The molecule has 1 aromatic carbocycles. The zero-order chi connectivity index (χ0) is 14.8. The topological polar surface area (TPSA) is 40.9 Å². The summed E-state index contributed by atoms with van der Waals surface area (Å²) in [7, 11) is 0. The van der Waals surface area contributed by atoms with E-state index in [1.165, 1.54) is 12.0 Å². The van der Waals surface area contributed by atoms with E-state index in [-0.39, 0.29) is 11.2 Å². The van der Waals surface area contributed by atoms with Crippen LogP contribution in [0.3, 0.4) is 0 Å². The molecule has 2 rings (SSSR count). The summed E-state index contributed by atoms with van der Waals surface area (Å²) in [6, 6.07) is 8.17. The quantitative estimate of drug-likeness (QED) is 0.813. The smallest absolute Gasteiger partial charge is 0.160 e. The van der Waals surface area contributed by atoms with E-state index in [1.807, 2.05) is 39.0 Å². The van der Waals surface area contributed by atoms with Crippen molar-refractivity contribution in [2.75, 3.05) is 0 Å². The third kappa shape index (κ3) is 2.77. The molecule has 0 radical (unpaired) electrons. The molecule has 1 aliphatic rings. The number of ketones is 1. The van der Waals surface area contributed by atoms with Crippen LogP contribution in [0.25, 0.3) is 0 Å². The average molecular weight is 269 g/mol. The Bertz CT molecular complexity index is 547. The van der Waals surface area contributed by atoms with Gasteiger partial charge in [-0.05, 0) is 43.4 Å². The molecule has 0 amide bonds. The van der Waals surface area contributed by atoms with Crippen LogP contribution in [-0.2, 0) is 4.79 Å². The Balaban J connectivity index is 2.30. The van der Waals surface area contributed by atoms with Crippen LogP contribution >= 0.6 is 0 Å². The molecule has 0 aromatic heterocycles. The number of nitriles is 1. The van der Waals surface area contributed by atoms with Crippen molar-refractivity contribution in [2.24, 2.45) is 5.41 Å². The predicted octanol–water partition coefficient (Wildman–Crippen LogP) is 4.45. The van der Waals surface area contributed by atoms with Gasteiger partial charge >= 0.3 is 0 Å². The minimum absolute atomic E-state index is 0.114. The van der Waals surface area contributed by atoms with Gasteiger partial charge in [-0.15, -0.1) is 0 Å². The first-order valence-electron chi connectivity index (χ1n) is 7.49. The van der Waals surface area contributed by atoms with Crippen LogP contribution in [0.15, 0.2) is 18.2 Å². The van der Waals surface area contributed by atoms with E-state index < -0.39 is 5.92 Å². The minimum atomic E-state index is -0.614. The number of nitrogens with zero attached hydrogens (tertiary/aromatic N) is 1. The number of carbonyl (C=O) groups excluding carboxylic acids is 1. The van der Waals surface area contributed by atoms with E-state index in [9.17, 15) is 10.1 Å². The standard InChI is InChI=1S/C18H23NO/c1-13-7-8-15(11-14(13)2)16(12-19)17(20)18(3)9-5-4-6-10-18/h7-8,11,16H,4-6,9-10H2,1-3H3. The van der Waals surface area contributed by atoms with Crippen molar-refractivity contribution in [3.05, 3.63) is 34.9 Å². The molecule has 1 aliphatic carbocycles. The third-order valence-corrected chi connectivity index (χ3v) is 4.81. The molecular weight excluding hydrogens is 246 g/mol. The van der Waals surface area contributed by atoms with Crippen molar-refractivity contribution in [1.82, 2.24) is 0 Å². The van der Waals surface area contributed by atoms with Crippen LogP contribution in [0.5, 0.6) is 0 Å². The Morgan fingerprint density at radius 2 is 1.85 bits per heavy atom. The Kier molecular flexibility index (Phi) is 4.28. The maximum atomic E-state index is 12.8. The summed E-state index contributed by atoms with van der Waals surface area (Å²) in [5, 5.41) is 9.48. The van der Waals surface area contributed by atoms with E-state index >= 15 is 0 Å². The van der Waals surface area contributed by atoms with Gasteiger partial charge in [0.1, 0.15) is 5.92 Å². The lowest BCUT2D eigenvalue weighted by atomic mass is 9.68. The van der Waals surface area contributed by atoms with Crippen molar-refractivity contribution < 1.29 is 4.79 Å². The van der Waals surface area contributed by atoms with E-state index in [0.29, 0.717) is 0 Å². The summed E-state index contributed by atoms with van der Waals surface area (Å²) in [5.74, 6) is -0.500. The number of hydrogen-bond donors (Lipinski definition) is 0. The summed E-state index contributed by atoms with van der Waals surface area (Å²) in [4.78, 5) is 12.8. The van der Waals surface area contributed by atoms with Gasteiger partial charge in [-0.2, -0.15) is 5.26 Å². The van der Waals surface area contributed by atoms with Gasteiger partial charge in [-0.25, -0.2) is 0 Å². The van der Waals surface area contributed by atoms with Gasteiger partial charge in [-0.1, -0.05) is 44.4 Å². The largest absolute Gasteiger partial charge is 0.297 e. The number of rotatable bonds is 3. The second kappa shape index (κ2) is 5.79. The molecule has 2 nitrogen and oxygen atoms in total. The van der Waals surface area contributed by atoms with Crippen LogP contribution in [0.4, 0.5) is 0 Å². The lowest BCUT2D eigenvalue weighted by molar-refractivity contribution is -0.129. The highest BCUT2D eigenvalue weighted by molar-refractivity contribution is 5.93. The molecule has 1 atom stereocenters. The molecule has 106 valence electrons. The highest BCUT2D eigenvalue weighted by atomic mass is 16.1. The fraction of sp³-hybridized carbons (Fsp3) is 0.556. The maximum absolute atomic E-state index is 12.8. The Morgan fingerprint density at radius 1 is 1.20 bits per heavy atom. The molecule has 1 unspecified atom stereocenters. The second-order valence-electron chi connectivity index (χ2n) is 6.39. The lowest BCUT2D eigenvalue weighted by Crippen LogP contribution is -2.34. The van der Waals surface area contributed by atoms with Crippen molar-refractivity contribution in [3.63, 3.8) is 0 Å². The summed E-state index contributed by atoms with van der Waals surface area (Å²) < 4.78 is 0. The van der Waals surface area contributed by atoms with Crippen LogP contribution in [0, 0.1) is 30.6 Å². The Morgan fingerprint density at radius 3 is 2.40 bits per heavy atom. The normalized spacial score (nSPS) is 19.1. The van der Waals surface area contributed by atoms with Crippen LogP contribution in [-0.4, -0.2) is 5.78 Å². The second-order valence-corrected chi connectivity index (χ2v) is 6.39. The molecule has 0 N–H and O–H groups in total. The van der Waals surface area contributed by atoms with Crippen molar-refractivity contribution in [2.45, 2.75) is 58.8 Å². The highest BCUT2D eigenvalue weighted by Gasteiger charge is 2.39. The number of carbonyl (C=O) groups is 1. The zero-order valence-corrected chi connectivity index (χ0v) is 12.7. The number of aryl methyl sites for hydroxylation is 2. The first-order valence-corrected chi connectivity index (χ1v) is 7.49. The van der Waals surface area contributed by atoms with Gasteiger partial charge in [0.25, 0.3) is 0 Å². The molecule has 0 heterocycles. The zero-order valence-electron chi connectivity index (χ0n) is 12.7. The molecule has 0 spiro atoms. The van der Waals surface area contributed by atoms with E-state index in [1.54, 1.807) is 0 Å². The first kappa shape index (κ1) is 14.8. The van der Waals surface area contributed by atoms with Crippen LogP contribution < -0.4 is 0 Å². The molecule has 1 fully saturated rings. The van der Waals surface area contributed by atoms with Gasteiger partial charge in [0.15, 0.2) is 5.78 Å². The molecule has 1 saturated carbocycles. The molecule has 0 aliphatic heterocycles. The third-order valence-electron chi connectivity index (χ3n) is 4.81. The fourth-order valence-electron chi connectivity index (χ4n) is 3.16. The molecule has 2 heteroatoms. The summed E-state index contributed by atoms with van der Waals surface area (Å²) >= 11 is 0. The number of hydrogen-bond acceptors (Lipinski definition) is 2. The average Bonchev–Trinajstić information content (AvgIpc) is 2.44. The van der Waals surface area contributed by atoms with E-state index in [0.717, 1.165) is 36.8 Å². The fourth-order valence-corrected chi connectivity index (χ4v) is 3.16. The number of benzene rings is 1. The minimum Gasteiger partial charge on any atom is -0.297 e. The summed E-state index contributed by atoms with van der Waals surface area (Å²) in [5.41, 5.74) is 2.88. The van der Waals surface area contributed by atoms with Crippen molar-refractivity contribution >= 4 is 5.78 Å². The van der Waals surface area contributed by atoms with Gasteiger partial charge in [0.05, 0.1) is 6.07 Å². The van der Waals surface area contributed by atoms with Crippen LogP contribution in [0.1, 0.15) is 61.6 Å². The van der Waals surface area contributed by atoms with Crippen molar-refractivity contribution in [1.29, 1.82) is 5.26 Å². The lowest BCUT2D eigenvalue weighted by Gasteiger charge is -2.33. The van der Waals surface area contributed by atoms with Gasteiger partial charge in [0, 0.05) is 5.41 Å². The first-order chi connectivity index (χ1) is 9.48. The molecule has 1 aromatic rings. The maximum Gasteiger partial charge on any atom is 0.160 e. The predicted molar refractivity (Wildman–Crippen MR) is 80.5 cm³/mol. The summed E-state index contributed by atoms with van der Waals surface area (Å²) in [6.45, 7) is 6.12. The molecule has 0 bridgehead atoms. The summed E-state index contributed by atoms with van der Waals surface area (Å²) in [6.07, 6.45) is 5.27. The van der Waals surface area contributed by atoms with E-state index in [4.69, 9.17) is 0 Å². The van der Waals surface area contributed by atoms with Gasteiger partial charge in [0.2, 0.25) is 0 Å². The van der Waals surface area contributed by atoms with E-state index in [2.05, 4.69) is 6.07 Å². The van der Waals surface area contributed by atoms with Crippen LogP contribution in [0.2, 0.25) is 0 Å². The Hall–Kier alpha value is -1.62. The monoisotopic (exact) mass is 269 g/mol. The van der Waals surface area contributed by atoms with Gasteiger partial charge < -0.3 is 0 Å².